The summed E-state index contributed by atoms with van der Waals surface area (Å²) < 4.78 is 5.26. The van der Waals surface area contributed by atoms with Gasteiger partial charge in [0, 0.05) is 37.6 Å². The van der Waals surface area contributed by atoms with E-state index in [0.717, 1.165) is 11.3 Å². The Morgan fingerprint density at radius 3 is 2.79 bits per heavy atom. The fourth-order valence-corrected chi connectivity index (χ4v) is 2.56. The number of rotatable bonds is 5. The summed E-state index contributed by atoms with van der Waals surface area (Å²) in [4.78, 5) is 33.8. The molecule has 1 fully saturated rings. The molecule has 1 aromatic heterocycles. The maximum atomic E-state index is 12.2. The van der Waals surface area contributed by atoms with E-state index in [1.807, 2.05) is 24.3 Å². The van der Waals surface area contributed by atoms with Gasteiger partial charge in [-0.2, -0.15) is 0 Å². The van der Waals surface area contributed by atoms with Gasteiger partial charge in [0.25, 0.3) is 5.91 Å². The van der Waals surface area contributed by atoms with Gasteiger partial charge in [-0.25, -0.2) is 4.98 Å². The fourth-order valence-electron chi connectivity index (χ4n) is 2.56. The molecule has 1 aliphatic rings. The smallest absolute Gasteiger partial charge is 0.274 e. The first-order valence-electron chi connectivity index (χ1n) is 7.64. The minimum atomic E-state index is -0.197. The molecule has 0 atom stereocenters. The molecule has 0 bridgehead atoms. The fraction of sp³-hybridized carbons (Fsp3) is 0.294. The minimum Gasteiger partial charge on any atom is -0.496 e. The second-order valence-electron chi connectivity index (χ2n) is 5.53. The molecule has 0 radical (unpaired) electrons. The number of methoxy groups -OCH3 is 1. The third-order valence-corrected chi connectivity index (χ3v) is 3.97. The summed E-state index contributed by atoms with van der Waals surface area (Å²) in [5, 5.41) is 2.89. The third kappa shape index (κ3) is 3.34. The Hall–Kier alpha value is -2.96. The third-order valence-electron chi connectivity index (χ3n) is 3.97. The summed E-state index contributed by atoms with van der Waals surface area (Å²) in [6, 6.07) is 7.54. The highest BCUT2D eigenvalue weighted by atomic mass is 16.5. The second-order valence-corrected chi connectivity index (χ2v) is 5.53. The van der Waals surface area contributed by atoms with E-state index in [1.165, 1.54) is 18.6 Å². The lowest BCUT2D eigenvalue weighted by atomic mass is 9.98. The van der Waals surface area contributed by atoms with Gasteiger partial charge >= 0.3 is 0 Å². The summed E-state index contributed by atoms with van der Waals surface area (Å²) in [6.45, 7) is 1.19. The Labute approximate surface area is 139 Å². The number of likely N-dealkylation sites (tertiary alicyclic amines) is 1. The standard InChI is InChI=1S/C17H18N4O3/c1-24-15-5-3-2-4-12(15)8-20-16(22)13-10-21(11-13)17(23)14-9-18-6-7-19-14/h2-7,9,13H,8,10-11H2,1H3,(H,20,22). The van der Waals surface area contributed by atoms with Crippen LogP contribution in [0, 0.1) is 5.92 Å². The van der Waals surface area contributed by atoms with E-state index in [-0.39, 0.29) is 17.7 Å². The van der Waals surface area contributed by atoms with Crippen molar-refractivity contribution < 1.29 is 14.3 Å². The summed E-state index contributed by atoms with van der Waals surface area (Å²) in [5.74, 6) is 0.284. The quantitative estimate of drug-likeness (QED) is 0.881. The van der Waals surface area contributed by atoms with Gasteiger partial charge in [-0.05, 0) is 6.07 Å². The number of aromatic nitrogens is 2. The first-order chi connectivity index (χ1) is 11.7. The number of carbonyl (C=O) groups excluding carboxylic acids is 2. The maximum absolute atomic E-state index is 12.2. The van der Waals surface area contributed by atoms with Gasteiger partial charge in [-0.1, -0.05) is 18.2 Å². The Bertz CT molecular complexity index is 730. The molecule has 1 saturated heterocycles. The Morgan fingerprint density at radius 2 is 2.08 bits per heavy atom. The minimum absolute atomic E-state index is 0.0656. The van der Waals surface area contributed by atoms with Gasteiger partial charge < -0.3 is 15.0 Å². The van der Waals surface area contributed by atoms with Crippen molar-refractivity contribution >= 4 is 11.8 Å². The average Bonchev–Trinajstić information content (AvgIpc) is 2.59. The molecule has 3 rings (SSSR count). The van der Waals surface area contributed by atoms with E-state index in [9.17, 15) is 9.59 Å². The zero-order chi connectivity index (χ0) is 16.9. The molecule has 24 heavy (non-hydrogen) atoms. The Balaban J connectivity index is 1.49. The van der Waals surface area contributed by atoms with Crippen LogP contribution in [0.4, 0.5) is 0 Å². The van der Waals surface area contributed by atoms with Crippen molar-refractivity contribution in [1.82, 2.24) is 20.2 Å². The number of nitrogens with one attached hydrogen (secondary N) is 1. The molecule has 2 aromatic rings. The number of hydrogen-bond donors (Lipinski definition) is 1. The molecule has 7 heteroatoms. The van der Waals surface area contributed by atoms with Crippen LogP contribution in [0.5, 0.6) is 5.75 Å². The van der Waals surface area contributed by atoms with Crippen LogP contribution in [-0.4, -0.2) is 46.9 Å². The zero-order valence-electron chi connectivity index (χ0n) is 13.3. The van der Waals surface area contributed by atoms with Crippen LogP contribution >= 0.6 is 0 Å². The number of benzene rings is 1. The first-order valence-corrected chi connectivity index (χ1v) is 7.64. The lowest BCUT2D eigenvalue weighted by Crippen LogP contribution is -2.55. The summed E-state index contributed by atoms with van der Waals surface area (Å²) in [7, 11) is 1.60. The SMILES string of the molecule is COc1ccccc1CNC(=O)C1CN(C(=O)c2cnccn2)C1. The molecular weight excluding hydrogens is 308 g/mol. The van der Waals surface area contributed by atoms with Gasteiger partial charge in [0.15, 0.2) is 0 Å². The molecule has 1 aromatic carbocycles. The van der Waals surface area contributed by atoms with Crippen molar-refractivity contribution in [2.24, 2.45) is 5.92 Å². The van der Waals surface area contributed by atoms with Gasteiger partial charge in [0.2, 0.25) is 5.91 Å². The molecule has 0 unspecified atom stereocenters. The van der Waals surface area contributed by atoms with Crippen LogP contribution in [0.1, 0.15) is 16.1 Å². The molecule has 2 heterocycles. The summed E-state index contributed by atoms with van der Waals surface area (Å²) in [6.07, 6.45) is 4.42. The van der Waals surface area contributed by atoms with Gasteiger partial charge in [-0.15, -0.1) is 0 Å². The highest BCUT2D eigenvalue weighted by molar-refractivity contribution is 5.94. The predicted octanol–water partition coefficient (Wildman–Crippen LogP) is 0.874. The van der Waals surface area contributed by atoms with Crippen LogP contribution in [0.15, 0.2) is 42.9 Å². The highest BCUT2D eigenvalue weighted by Crippen LogP contribution is 2.20. The zero-order valence-corrected chi connectivity index (χ0v) is 13.3. The first kappa shape index (κ1) is 15.9. The van der Waals surface area contributed by atoms with E-state index in [2.05, 4.69) is 15.3 Å². The number of para-hydroxylation sites is 1. The largest absolute Gasteiger partial charge is 0.496 e. The van der Waals surface area contributed by atoms with Crippen molar-refractivity contribution in [2.75, 3.05) is 20.2 Å². The molecular formula is C17H18N4O3. The molecule has 0 aliphatic carbocycles. The number of amides is 2. The normalized spacial score (nSPS) is 14.0. The van der Waals surface area contributed by atoms with E-state index in [0.29, 0.717) is 25.3 Å². The molecule has 124 valence electrons. The van der Waals surface area contributed by atoms with Crippen molar-refractivity contribution in [1.29, 1.82) is 0 Å². The molecule has 1 aliphatic heterocycles. The molecule has 1 N–H and O–H groups in total. The molecule has 0 spiro atoms. The number of nitrogens with zero attached hydrogens (tertiary/aromatic N) is 3. The molecule has 7 nitrogen and oxygen atoms in total. The van der Waals surface area contributed by atoms with Gasteiger partial charge in [0.05, 0.1) is 19.2 Å². The summed E-state index contributed by atoms with van der Waals surface area (Å²) >= 11 is 0. The summed E-state index contributed by atoms with van der Waals surface area (Å²) in [5.41, 5.74) is 1.21. The molecule has 2 amide bonds. The van der Waals surface area contributed by atoms with E-state index in [4.69, 9.17) is 4.74 Å². The van der Waals surface area contributed by atoms with E-state index >= 15 is 0 Å². The number of carbonyl (C=O) groups is 2. The van der Waals surface area contributed by atoms with Crippen LogP contribution in [0.2, 0.25) is 0 Å². The van der Waals surface area contributed by atoms with E-state index in [1.54, 1.807) is 12.0 Å². The van der Waals surface area contributed by atoms with Crippen LogP contribution in [0.3, 0.4) is 0 Å². The number of ether oxygens (including phenoxy) is 1. The van der Waals surface area contributed by atoms with Crippen molar-refractivity contribution in [2.45, 2.75) is 6.54 Å². The average molecular weight is 326 g/mol. The van der Waals surface area contributed by atoms with Gasteiger partial charge in [0.1, 0.15) is 11.4 Å². The Kier molecular flexibility index (Phi) is 4.69. The highest BCUT2D eigenvalue weighted by Gasteiger charge is 2.36. The lowest BCUT2D eigenvalue weighted by Gasteiger charge is -2.37. The molecule has 0 saturated carbocycles. The number of hydrogen-bond acceptors (Lipinski definition) is 5. The van der Waals surface area contributed by atoms with Crippen LogP contribution < -0.4 is 10.1 Å². The predicted molar refractivity (Wildman–Crippen MR) is 86.3 cm³/mol. The Morgan fingerprint density at radius 1 is 1.29 bits per heavy atom. The lowest BCUT2D eigenvalue weighted by molar-refractivity contribution is -0.129. The van der Waals surface area contributed by atoms with Crippen molar-refractivity contribution in [3.63, 3.8) is 0 Å². The van der Waals surface area contributed by atoms with Gasteiger partial charge in [-0.3, -0.25) is 14.6 Å². The maximum Gasteiger partial charge on any atom is 0.274 e. The second kappa shape index (κ2) is 7.08. The van der Waals surface area contributed by atoms with Crippen molar-refractivity contribution in [3.8, 4) is 5.75 Å². The topological polar surface area (TPSA) is 84.4 Å². The van der Waals surface area contributed by atoms with E-state index < -0.39 is 0 Å². The van der Waals surface area contributed by atoms with Crippen LogP contribution in [0.25, 0.3) is 0 Å². The monoisotopic (exact) mass is 326 g/mol. The van der Waals surface area contributed by atoms with Crippen molar-refractivity contribution in [3.05, 3.63) is 54.1 Å². The van der Waals surface area contributed by atoms with Crippen LogP contribution in [-0.2, 0) is 11.3 Å².